The van der Waals surface area contributed by atoms with E-state index in [-0.39, 0.29) is 22.5 Å². The van der Waals surface area contributed by atoms with Crippen LogP contribution in [0, 0.1) is 0 Å². The highest BCUT2D eigenvalue weighted by Gasteiger charge is 2.48. The van der Waals surface area contributed by atoms with Crippen LogP contribution >= 0.6 is 0 Å². The van der Waals surface area contributed by atoms with Crippen LogP contribution in [0.15, 0.2) is 51.7 Å². The molecule has 1 fully saturated rings. The fourth-order valence-corrected chi connectivity index (χ4v) is 3.60. The lowest BCUT2D eigenvalue weighted by molar-refractivity contribution is -0.271. The number of hydrogen-bond acceptors (Lipinski definition) is 11. The average molecular weight is 474 g/mol. The molecule has 0 bridgehead atoms. The third-order valence-corrected chi connectivity index (χ3v) is 5.41. The van der Waals surface area contributed by atoms with Crippen molar-refractivity contribution in [3.8, 4) is 28.6 Å². The molecule has 0 aliphatic carbocycles. The lowest BCUT2D eigenvalue weighted by atomic mass is 9.99. The lowest BCUT2D eigenvalue weighted by Crippen LogP contribution is -2.61. The van der Waals surface area contributed by atoms with E-state index >= 15 is 0 Å². The van der Waals surface area contributed by atoms with Gasteiger partial charge in [0, 0.05) is 23.8 Å². The highest BCUT2D eigenvalue weighted by Crippen LogP contribution is 2.33. The molecule has 2 unspecified atom stereocenters. The fourth-order valence-electron chi connectivity index (χ4n) is 3.60. The van der Waals surface area contributed by atoms with Crippen molar-refractivity contribution in [2.75, 3.05) is 14.2 Å². The van der Waals surface area contributed by atoms with Crippen LogP contribution in [-0.4, -0.2) is 71.3 Å². The zero-order chi connectivity index (χ0) is 24.6. The van der Waals surface area contributed by atoms with E-state index in [4.69, 9.17) is 18.6 Å². The monoisotopic (exact) mass is 474 g/mol. The first-order valence-electron chi connectivity index (χ1n) is 10.1. The van der Waals surface area contributed by atoms with Crippen LogP contribution in [0.25, 0.3) is 22.3 Å². The number of carbonyl (C=O) groups excluding carboxylic acids is 1. The quantitative estimate of drug-likeness (QED) is 0.381. The normalized spacial score (nSPS) is 24.6. The van der Waals surface area contributed by atoms with Gasteiger partial charge < -0.3 is 43.8 Å². The van der Waals surface area contributed by atoms with E-state index < -0.39 is 47.9 Å². The summed E-state index contributed by atoms with van der Waals surface area (Å²) in [6.07, 6.45) is -8.52. The highest BCUT2D eigenvalue weighted by atomic mass is 16.7. The summed E-state index contributed by atoms with van der Waals surface area (Å²) < 4.78 is 26.3. The topological polar surface area (TPSA) is 165 Å². The van der Waals surface area contributed by atoms with Crippen molar-refractivity contribution >= 4 is 16.9 Å². The Morgan fingerprint density at radius 2 is 1.65 bits per heavy atom. The zero-order valence-corrected chi connectivity index (χ0v) is 18.1. The van der Waals surface area contributed by atoms with Crippen molar-refractivity contribution in [3.05, 3.63) is 52.7 Å². The molecule has 0 saturated carbocycles. The minimum atomic E-state index is -1.78. The molecule has 34 heavy (non-hydrogen) atoms. The van der Waals surface area contributed by atoms with E-state index in [1.165, 1.54) is 19.2 Å². The minimum absolute atomic E-state index is 0.0243. The van der Waals surface area contributed by atoms with Gasteiger partial charge in [-0.15, -0.1) is 0 Å². The number of ether oxygens (including phenoxy) is 4. The molecular weight excluding hydrogens is 452 g/mol. The molecule has 3 aromatic rings. The Morgan fingerprint density at radius 1 is 0.941 bits per heavy atom. The van der Waals surface area contributed by atoms with Gasteiger partial charge in [0.25, 0.3) is 0 Å². The van der Waals surface area contributed by atoms with Gasteiger partial charge in [-0.2, -0.15) is 0 Å². The summed E-state index contributed by atoms with van der Waals surface area (Å²) in [5.74, 6) is -0.712. The van der Waals surface area contributed by atoms with Gasteiger partial charge in [0.15, 0.2) is 11.5 Å². The van der Waals surface area contributed by atoms with Crippen molar-refractivity contribution in [1.29, 1.82) is 0 Å². The van der Waals surface area contributed by atoms with E-state index in [1.54, 1.807) is 24.3 Å². The van der Waals surface area contributed by atoms with Gasteiger partial charge >= 0.3 is 5.97 Å². The van der Waals surface area contributed by atoms with Crippen molar-refractivity contribution in [2.45, 2.75) is 30.7 Å². The fraction of sp³-hybridized carbons (Fsp3) is 0.304. The second-order valence-electron chi connectivity index (χ2n) is 7.56. The molecule has 2 aromatic carbocycles. The first-order valence-corrected chi connectivity index (χ1v) is 10.1. The summed E-state index contributed by atoms with van der Waals surface area (Å²) in [5, 5.41) is 40.6. The van der Waals surface area contributed by atoms with Crippen LogP contribution in [0.4, 0.5) is 0 Å². The minimum Gasteiger partial charge on any atom is -0.507 e. The standard InChI is InChI=1S/C23H22O11/c1-30-11-5-3-10(4-6-11)15-9-14(25)17-13(24)7-12(8-16(17)33-15)32-23-20(28)18(26)19(27)21(34-23)22(29)31-2/h3-9,18-21,23-24,26-28H,1-2H3/t18-,19-,20?,21?,23+/m0/s1. The zero-order valence-electron chi connectivity index (χ0n) is 18.1. The van der Waals surface area contributed by atoms with Crippen LogP contribution in [0.2, 0.25) is 0 Å². The summed E-state index contributed by atoms with van der Waals surface area (Å²) in [6, 6.07) is 10.4. The Balaban J connectivity index is 1.69. The van der Waals surface area contributed by atoms with E-state index in [2.05, 4.69) is 4.74 Å². The second-order valence-corrected chi connectivity index (χ2v) is 7.56. The van der Waals surface area contributed by atoms with Crippen molar-refractivity contribution < 1.29 is 48.6 Å². The Labute approximate surface area is 192 Å². The van der Waals surface area contributed by atoms with Gasteiger partial charge in [-0.25, -0.2) is 4.79 Å². The average Bonchev–Trinajstić information content (AvgIpc) is 2.83. The molecule has 1 aromatic heterocycles. The van der Waals surface area contributed by atoms with Crippen molar-refractivity contribution in [3.63, 3.8) is 0 Å². The maximum absolute atomic E-state index is 12.6. The van der Waals surface area contributed by atoms with Gasteiger partial charge in [0.05, 0.1) is 14.2 Å². The SMILES string of the molecule is COC(=O)C1O[C@@H](Oc2cc(O)c3c(=O)cc(-c4ccc(OC)cc4)oc3c2)C(O)[C@@H](O)[C@@H]1O. The van der Waals surface area contributed by atoms with Crippen LogP contribution in [0.5, 0.6) is 17.2 Å². The number of carbonyl (C=O) groups is 1. The maximum Gasteiger partial charge on any atom is 0.337 e. The summed E-state index contributed by atoms with van der Waals surface area (Å²) >= 11 is 0. The lowest BCUT2D eigenvalue weighted by Gasteiger charge is -2.38. The van der Waals surface area contributed by atoms with Gasteiger partial charge in [-0.1, -0.05) is 0 Å². The molecule has 0 radical (unpaired) electrons. The molecular formula is C23H22O11. The number of fused-ring (bicyclic) bond motifs is 1. The van der Waals surface area contributed by atoms with Crippen LogP contribution in [0.3, 0.4) is 0 Å². The number of aliphatic hydroxyl groups is 3. The summed E-state index contributed by atoms with van der Waals surface area (Å²) in [4.78, 5) is 24.5. The smallest absolute Gasteiger partial charge is 0.337 e. The molecule has 11 nitrogen and oxygen atoms in total. The first kappa shape index (κ1) is 23.5. The van der Waals surface area contributed by atoms with Crippen molar-refractivity contribution in [1.82, 2.24) is 0 Å². The first-order chi connectivity index (χ1) is 16.2. The van der Waals surface area contributed by atoms with Crippen molar-refractivity contribution in [2.24, 2.45) is 0 Å². The number of aliphatic hydroxyl groups excluding tert-OH is 3. The van der Waals surface area contributed by atoms with Crippen LogP contribution in [0.1, 0.15) is 0 Å². The molecule has 1 saturated heterocycles. The highest BCUT2D eigenvalue weighted by molar-refractivity contribution is 5.86. The van der Waals surface area contributed by atoms with Gasteiger partial charge in [0.2, 0.25) is 6.29 Å². The van der Waals surface area contributed by atoms with E-state index in [9.17, 15) is 30.0 Å². The molecule has 180 valence electrons. The number of esters is 1. The third kappa shape index (κ3) is 4.29. The number of hydrogen-bond donors (Lipinski definition) is 4. The van der Waals surface area contributed by atoms with Crippen LogP contribution < -0.4 is 14.9 Å². The predicted molar refractivity (Wildman–Crippen MR) is 115 cm³/mol. The molecule has 0 spiro atoms. The second kappa shape index (κ2) is 9.31. The number of phenolic OH excluding ortho intramolecular Hbond substituents is 1. The Kier molecular flexibility index (Phi) is 6.44. The third-order valence-electron chi connectivity index (χ3n) is 5.41. The molecule has 0 amide bonds. The largest absolute Gasteiger partial charge is 0.507 e. The molecule has 1 aliphatic heterocycles. The maximum atomic E-state index is 12.6. The summed E-state index contributed by atoms with van der Waals surface area (Å²) in [6.45, 7) is 0. The summed E-state index contributed by atoms with van der Waals surface area (Å²) in [7, 11) is 2.59. The van der Waals surface area contributed by atoms with E-state index in [1.807, 2.05) is 0 Å². The van der Waals surface area contributed by atoms with E-state index in [0.29, 0.717) is 11.3 Å². The Bertz CT molecular complexity index is 1250. The molecule has 11 heteroatoms. The number of benzene rings is 2. The molecule has 4 rings (SSSR count). The predicted octanol–water partition coefficient (Wildman–Crippen LogP) is 0.534. The number of methoxy groups -OCH3 is 2. The van der Waals surface area contributed by atoms with E-state index in [0.717, 1.165) is 13.2 Å². The number of rotatable bonds is 5. The van der Waals surface area contributed by atoms with Gasteiger partial charge in [-0.05, 0) is 24.3 Å². The molecule has 2 heterocycles. The Morgan fingerprint density at radius 3 is 2.29 bits per heavy atom. The number of aromatic hydroxyl groups is 1. The molecule has 1 aliphatic rings. The molecule has 5 atom stereocenters. The summed E-state index contributed by atoms with van der Waals surface area (Å²) in [5.41, 5.74) is 0.0489. The molecule has 4 N–H and O–H groups in total. The Hall–Kier alpha value is -3.64. The van der Waals surface area contributed by atoms with Gasteiger partial charge in [-0.3, -0.25) is 4.79 Å². The van der Waals surface area contributed by atoms with Gasteiger partial charge in [0.1, 0.15) is 52.3 Å². The van der Waals surface area contributed by atoms with Crippen LogP contribution in [-0.2, 0) is 14.3 Å². The number of phenols is 1.